The van der Waals surface area contributed by atoms with Crippen molar-refractivity contribution >= 4 is 0 Å². The van der Waals surface area contributed by atoms with Gasteiger partial charge in [0.05, 0.1) is 6.10 Å². The maximum Gasteiger partial charge on any atom is 0.0914 e. The summed E-state index contributed by atoms with van der Waals surface area (Å²) in [6.45, 7) is 1.34. The van der Waals surface area contributed by atoms with Gasteiger partial charge in [-0.3, -0.25) is 0 Å². The lowest BCUT2D eigenvalue weighted by molar-refractivity contribution is -0.00000524. The van der Waals surface area contributed by atoms with Crippen molar-refractivity contribution in [1.82, 2.24) is 9.88 Å². The van der Waals surface area contributed by atoms with E-state index in [0.717, 1.165) is 12.1 Å². The van der Waals surface area contributed by atoms with Crippen molar-refractivity contribution in [3.05, 3.63) is 59.9 Å². The maximum atomic E-state index is 9.95. The molecule has 0 saturated carbocycles. The molecule has 0 spiro atoms. The van der Waals surface area contributed by atoms with Gasteiger partial charge in [0.15, 0.2) is 0 Å². The first-order valence-electron chi connectivity index (χ1n) is 5.81. The van der Waals surface area contributed by atoms with E-state index in [1.165, 1.54) is 5.69 Å². The number of hydrogen-bond acceptors (Lipinski definition) is 2. The topological polar surface area (TPSA) is 37.2 Å². The molecule has 0 aliphatic rings. The number of benzene rings is 1. The molecule has 0 radical (unpaired) electrons. The molecular formula is C14H18ClN2O-. The highest BCUT2D eigenvalue weighted by atomic mass is 35.5. The Balaban J connectivity index is 0.00000162. The molecule has 1 unspecified atom stereocenters. The molecule has 1 atom stereocenters. The van der Waals surface area contributed by atoms with E-state index in [9.17, 15) is 5.11 Å². The Morgan fingerprint density at radius 3 is 2.50 bits per heavy atom. The Morgan fingerprint density at radius 1 is 1.17 bits per heavy atom. The van der Waals surface area contributed by atoms with Gasteiger partial charge >= 0.3 is 0 Å². The first kappa shape index (κ1) is 14.8. The van der Waals surface area contributed by atoms with Crippen molar-refractivity contribution in [2.75, 3.05) is 6.54 Å². The predicted octanol–water partition coefficient (Wildman–Crippen LogP) is -1.15. The minimum Gasteiger partial charge on any atom is -1.00 e. The number of aliphatic hydroxyl groups excluding tert-OH is 1. The summed E-state index contributed by atoms with van der Waals surface area (Å²) in [7, 11) is 2.02. The Kier molecular flexibility index (Phi) is 5.92. The molecule has 1 heterocycles. The largest absolute Gasteiger partial charge is 1.00 e. The van der Waals surface area contributed by atoms with E-state index >= 15 is 0 Å². The van der Waals surface area contributed by atoms with Crippen molar-refractivity contribution in [2.24, 2.45) is 7.05 Å². The van der Waals surface area contributed by atoms with Gasteiger partial charge in [0, 0.05) is 32.0 Å². The van der Waals surface area contributed by atoms with Crippen LogP contribution in [0.2, 0.25) is 0 Å². The monoisotopic (exact) mass is 265 g/mol. The van der Waals surface area contributed by atoms with Crippen LogP contribution in [0.25, 0.3) is 0 Å². The molecule has 98 valence electrons. The first-order chi connectivity index (χ1) is 8.27. The number of aryl methyl sites for hydroxylation is 1. The second kappa shape index (κ2) is 7.21. The second-order valence-electron chi connectivity index (χ2n) is 4.17. The summed E-state index contributed by atoms with van der Waals surface area (Å²) in [6, 6.07) is 13.8. The van der Waals surface area contributed by atoms with Gasteiger partial charge < -0.3 is 27.4 Å². The zero-order valence-electron chi connectivity index (χ0n) is 10.4. The van der Waals surface area contributed by atoms with Gasteiger partial charge in [-0.05, 0) is 17.7 Å². The van der Waals surface area contributed by atoms with E-state index in [0.29, 0.717) is 6.54 Å². The quantitative estimate of drug-likeness (QED) is 0.717. The summed E-state index contributed by atoms with van der Waals surface area (Å²) in [5.74, 6) is 0. The number of nitrogens with zero attached hydrogens (tertiary/aromatic N) is 1. The SMILES string of the molecule is Cn1cccc1CNCC(O)c1ccccc1.[Cl-]. The summed E-state index contributed by atoms with van der Waals surface area (Å²) in [5, 5.41) is 13.2. The maximum absolute atomic E-state index is 9.95. The van der Waals surface area contributed by atoms with Crippen LogP contribution in [0.1, 0.15) is 17.4 Å². The fraction of sp³-hybridized carbons (Fsp3) is 0.286. The van der Waals surface area contributed by atoms with Crippen LogP contribution in [-0.2, 0) is 13.6 Å². The highest BCUT2D eigenvalue weighted by Crippen LogP contribution is 2.10. The van der Waals surface area contributed by atoms with E-state index in [1.807, 2.05) is 49.6 Å². The van der Waals surface area contributed by atoms with Gasteiger partial charge in [0.2, 0.25) is 0 Å². The summed E-state index contributed by atoms with van der Waals surface area (Å²) in [4.78, 5) is 0. The Labute approximate surface area is 114 Å². The lowest BCUT2D eigenvalue weighted by Crippen LogP contribution is -3.00. The molecule has 3 nitrogen and oxygen atoms in total. The summed E-state index contributed by atoms with van der Waals surface area (Å²) in [5.41, 5.74) is 2.16. The molecule has 0 saturated heterocycles. The zero-order valence-corrected chi connectivity index (χ0v) is 11.1. The van der Waals surface area contributed by atoms with E-state index in [4.69, 9.17) is 0 Å². The molecule has 0 amide bonds. The Bertz CT molecular complexity index is 456. The summed E-state index contributed by atoms with van der Waals surface area (Å²) in [6.07, 6.45) is 1.57. The van der Waals surface area contributed by atoms with Gasteiger partial charge in [0.25, 0.3) is 0 Å². The molecular weight excluding hydrogens is 248 g/mol. The number of aliphatic hydroxyl groups is 1. The number of hydrogen-bond donors (Lipinski definition) is 2. The van der Waals surface area contributed by atoms with Crippen molar-refractivity contribution in [1.29, 1.82) is 0 Å². The van der Waals surface area contributed by atoms with Gasteiger partial charge in [-0.15, -0.1) is 0 Å². The van der Waals surface area contributed by atoms with E-state index < -0.39 is 6.10 Å². The fourth-order valence-electron chi connectivity index (χ4n) is 1.81. The summed E-state index contributed by atoms with van der Waals surface area (Å²) >= 11 is 0. The van der Waals surface area contributed by atoms with E-state index in [2.05, 4.69) is 16.0 Å². The number of halogens is 1. The minimum atomic E-state index is -0.448. The molecule has 0 bridgehead atoms. The van der Waals surface area contributed by atoms with Crippen LogP contribution in [0, 0.1) is 0 Å². The van der Waals surface area contributed by atoms with Crippen LogP contribution >= 0.6 is 0 Å². The van der Waals surface area contributed by atoms with Crippen LogP contribution in [0.15, 0.2) is 48.7 Å². The van der Waals surface area contributed by atoms with Gasteiger partial charge in [-0.25, -0.2) is 0 Å². The van der Waals surface area contributed by atoms with Crippen LogP contribution in [0.4, 0.5) is 0 Å². The first-order valence-corrected chi connectivity index (χ1v) is 5.81. The van der Waals surface area contributed by atoms with Gasteiger partial charge in [-0.1, -0.05) is 30.3 Å². The lowest BCUT2D eigenvalue weighted by atomic mass is 10.1. The second-order valence-corrected chi connectivity index (χ2v) is 4.17. The number of rotatable bonds is 5. The third-order valence-corrected chi connectivity index (χ3v) is 2.88. The van der Waals surface area contributed by atoms with Crippen LogP contribution in [0.5, 0.6) is 0 Å². The minimum absolute atomic E-state index is 0. The Hall–Kier alpha value is -1.29. The highest BCUT2D eigenvalue weighted by Gasteiger charge is 2.06. The number of aromatic nitrogens is 1. The van der Waals surface area contributed by atoms with E-state index in [-0.39, 0.29) is 12.4 Å². The molecule has 4 heteroatoms. The molecule has 0 fully saturated rings. The van der Waals surface area contributed by atoms with Crippen LogP contribution in [0.3, 0.4) is 0 Å². The smallest absolute Gasteiger partial charge is 0.0914 e. The molecule has 18 heavy (non-hydrogen) atoms. The standard InChI is InChI=1S/C14H18N2O.ClH/c1-16-9-5-8-13(16)10-15-11-14(17)12-6-3-2-4-7-12;/h2-9,14-15,17H,10-11H2,1H3;1H/p-1. The third kappa shape index (κ3) is 3.88. The van der Waals surface area contributed by atoms with Crippen LogP contribution < -0.4 is 17.7 Å². The van der Waals surface area contributed by atoms with Gasteiger partial charge in [0.1, 0.15) is 0 Å². The van der Waals surface area contributed by atoms with Gasteiger partial charge in [-0.2, -0.15) is 0 Å². The number of nitrogens with one attached hydrogen (secondary N) is 1. The average Bonchev–Trinajstić information content (AvgIpc) is 2.76. The molecule has 1 aromatic heterocycles. The highest BCUT2D eigenvalue weighted by molar-refractivity contribution is 5.17. The van der Waals surface area contributed by atoms with Crippen molar-refractivity contribution in [3.63, 3.8) is 0 Å². The fourth-order valence-corrected chi connectivity index (χ4v) is 1.81. The summed E-state index contributed by atoms with van der Waals surface area (Å²) < 4.78 is 2.07. The van der Waals surface area contributed by atoms with Crippen molar-refractivity contribution in [2.45, 2.75) is 12.6 Å². The van der Waals surface area contributed by atoms with Crippen molar-refractivity contribution < 1.29 is 17.5 Å². The van der Waals surface area contributed by atoms with E-state index in [1.54, 1.807) is 0 Å². The Morgan fingerprint density at radius 2 is 1.89 bits per heavy atom. The normalized spacial score (nSPS) is 11.9. The molecule has 0 aliphatic heterocycles. The third-order valence-electron chi connectivity index (χ3n) is 2.88. The average molecular weight is 266 g/mol. The molecule has 2 N–H and O–H groups in total. The zero-order chi connectivity index (χ0) is 12.1. The molecule has 0 aliphatic carbocycles. The predicted molar refractivity (Wildman–Crippen MR) is 68.5 cm³/mol. The molecule has 1 aromatic carbocycles. The van der Waals surface area contributed by atoms with Crippen LogP contribution in [-0.4, -0.2) is 16.2 Å². The molecule has 2 rings (SSSR count). The van der Waals surface area contributed by atoms with Crippen molar-refractivity contribution in [3.8, 4) is 0 Å². The molecule has 2 aromatic rings. The lowest BCUT2D eigenvalue weighted by Gasteiger charge is -2.12.